The molecule has 0 fully saturated rings. The van der Waals surface area contributed by atoms with Crippen LogP contribution in [0.2, 0.25) is 0 Å². The van der Waals surface area contributed by atoms with Crippen LogP contribution in [-0.2, 0) is 13.0 Å². The SMILES string of the molecule is Fc1cc(F)cc(CCn2c(=S)[nH]c3ccc(F)cc32)c1. The number of hydrogen-bond donors (Lipinski definition) is 1. The second-order valence-corrected chi connectivity index (χ2v) is 5.16. The first kappa shape index (κ1) is 13.9. The lowest BCUT2D eigenvalue weighted by Gasteiger charge is -2.05. The summed E-state index contributed by atoms with van der Waals surface area (Å²) in [4.78, 5) is 2.98. The zero-order valence-corrected chi connectivity index (χ0v) is 11.7. The van der Waals surface area contributed by atoms with E-state index >= 15 is 0 Å². The number of aryl methyl sites for hydroxylation is 2. The summed E-state index contributed by atoms with van der Waals surface area (Å²) in [6.07, 6.45) is 0.395. The van der Waals surface area contributed by atoms with E-state index in [0.29, 0.717) is 28.8 Å². The predicted molar refractivity (Wildman–Crippen MR) is 77.1 cm³/mol. The number of aromatic nitrogens is 2. The second kappa shape index (κ2) is 5.37. The van der Waals surface area contributed by atoms with Crippen LogP contribution in [0.1, 0.15) is 5.56 Å². The molecule has 0 radical (unpaired) electrons. The van der Waals surface area contributed by atoms with Gasteiger partial charge in [-0.2, -0.15) is 0 Å². The fraction of sp³-hybridized carbons (Fsp3) is 0.133. The van der Waals surface area contributed by atoms with Crippen molar-refractivity contribution >= 4 is 23.3 Å². The van der Waals surface area contributed by atoms with Gasteiger partial charge in [0, 0.05) is 12.6 Å². The van der Waals surface area contributed by atoms with Gasteiger partial charge >= 0.3 is 0 Å². The number of rotatable bonds is 3. The monoisotopic (exact) mass is 308 g/mol. The molecule has 108 valence electrons. The molecular weight excluding hydrogens is 297 g/mol. The maximum atomic E-state index is 13.3. The molecule has 2 aromatic carbocycles. The number of halogens is 3. The van der Waals surface area contributed by atoms with Crippen molar-refractivity contribution in [2.45, 2.75) is 13.0 Å². The summed E-state index contributed by atoms with van der Waals surface area (Å²) in [5, 5.41) is 0. The number of nitrogens with zero attached hydrogens (tertiary/aromatic N) is 1. The minimum atomic E-state index is -0.612. The fourth-order valence-corrected chi connectivity index (χ4v) is 2.64. The van der Waals surface area contributed by atoms with E-state index in [1.165, 1.54) is 24.3 Å². The molecule has 0 atom stereocenters. The molecule has 0 aliphatic heterocycles. The molecule has 1 N–H and O–H groups in total. The molecule has 1 aromatic heterocycles. The average molecular weight is 308 g/mol. The molecule has 2 nitrogen and oxygen atoms in total. The number of aromatic amines is 1. The van der Waals surface area contributed by atoms with Crippen LogP contribution in [0.15, 0.2) is 36.4 Å². The summed E-state index contributed by atoms with van der Waals surface area (Å²) in [5.74, 6) is -1.58. The second-order valence-electron chi connectivity index (χ2n) is 4.77. The third-order valence-electron chi connectivity index (χ3n) is 3.28. The van der Waals surface area contributed by atoms with Crippen LogP contribution in [0.5, 0.6) is 0 Å². The summed E-state index contributed by atoms with van der Waals surface area (Å²) in [7, 11) is 0. The maximum Gasteiger partial charge on any atom is 0.178 e. The van der Waals surface area contributed by atoms with Crippen molar-refractivity contribution < 1.29 is 13.2 Å². The Morgan fingerprint density at radius 1 is 0.952 bits per heavy atom. The lowest BCUT2D eigenvalue weighted by molar-refractivity contribution is 0.577. The van der Waals surface area contributed by atoms with Gasteiger partial charge in [0.25, 0.3) is 0 Å². The number of nitrogens with one attached hydrogen (secondary N) is 1. The van der Waals surface area contributed by atoms with Gasteiger partial charge in [-0.05, 0) is 54.5 Å². The summed E-state index contributed by atoms with van der Waals surface area (Å²) in [6, 6.07) is 7.73. The van der Waals surface area contributed by atoms with Crippen molar-refractivity contribution in [1.29, 1.82) is 0 Å². The highest BCUT2D eigenvalue weighted by Gasteiger charge is 2.07. The molecule has 0 bridgehead atoms. The highest BCUT2D eigenvalue weighted by Crippen LogP contribution is 2.17. The molecule has 0 aliphatic carbocycles. The zero-order valence-electron chi connectivity index (χ0n) is 10.9. The van der Waals surface area contributed by atoms with E-state index in [1.54, 1.807) is 10.6 Å². The molecule has 3 aromatic rings. The van der Waals surface area contributed by atoms with Crippen LogP contribution >= 0.6 is 12.2 Å². The van der Waals surface area contributed by atoms with Gasteiger partial charge in [0.05, 0.1) is 11.0 Å². The first-order chi connectivity index (χ1) is 10.0. The number of hydrogen-bond acceptors (Lipinski definition) is 1. The normalized spacial score (nSPS) is 11.2. The summed E-state index contributed by atoms with van der Waals surface area (Å²) < 4.78 is 41.8. The van der Waals surface area contributed by atoms with E-state index in [-0.39, 0.29) is 5.82 Å². The Kier molecular flexibility index (Phi) is 3.55. The quantitative estimate of drug-likeness (QED) is 0.713. The molecule has 3 rings (SSSR count). The minimum absolute atomic E-state index is 0.359. The molecule has 0 unspecified atom stereocenters. The number of benzene rings is 2. The Balaban J connectivity index is 1.93. The highest BCUT2D eigenvalue weighted by molar-refractivity contribution is 7.71. The first-order valence-corrected chi connectivity index (χ1v) is 6.77. The van der Waals surface area contributed by atoms with Gasteiger partial charge < -0.3 is 9.55 Å². The Bertz CT molecular complexity index is 847. The van der Waals surface area contributed by atoms with E-state index in [0.717, 1.165) is 11.6 Å². The molecular formula is C15H11F3N2S. The van der Waals surface area contributed by atoms with Crippen LogP contribution in [0, 0.1) is 22.2 Å². The van der Waals surface area contributed by atoms with Crippen molar-refractivity contribution in [1.82, 2.24) is 9.55 Å². The molecule has 0 amide bonds. The van der Waals surface area contributed by atoms with Crippen LogP contribution < -0.4 is 0 Å². The summed E-state index contributed by atoms with van der Waals surface area (Å²) >= 11 is 5.20. The standard InChI is InChI=1S/C15H11F3N2S/c16-10-1-2-13-14(8-10)20(15(21)19-13)4-3-9-5-11(17)7-12(18)6-9/h1-2,5-8H,3-4H2,(H,19,21). The first-order valence-electron chi connectivity index (χ1n) is 6.36. The summed E-state index contributed by atoms with van der Waals surface area (Å²) in [6.45, 7) is 0.408. The van der Waals surface area contributed by atoms with Crippen molar-refractivity contribution in [3.05, 3.63) is 64.2 Å². The van der Waals surface area contributed by atoms with Crippen LogP contribution in [0.4, 0.5) is 13.2 Å². The average Bonchev–Trinajstić information content (AvgIpc) is 2.70. The minimum Gasteiger partial charge on any atom is -0.331 e. The third kappa shape index (κ3) is 2.85. The highest BCUT2D eigenvalue weighted by atomic mass is 32.1. The van der Waals surface area contributed by atoms with Gasteiger partial charge in [-0.25, -0.2) is 13.2 Å². The molecule has 0 aliphatic rings. The maximum absolute atomic E-state index is 13.3. The van der Waals surface area contributed by atoms with E-state index in [9.17, 15) is 13.2 Å². The van der Waals surface area contributed by atoms with E-state index in [2.05, 4.69) is 4.98 Å². The molecule has 0 saturated heterocycles. The van der Waals surface area contributed by atoms with E-state index in [1.807, 2.05) is 0 Å². The number of imidazole rings is 1. The van der Waals surface area contributed by atoms with Gasteiger partial charge in [0.15, 0.2) is 4.77 Å². The van der Waals surface area contributed by atoms with Gasteiger partial charge in [-0.1, -0.05) is 0 Å². The molecule has 1 heterocycles. The van der Waals surface area contributed by atoms with Crippen LogP contribution in [0.25, 0.3) is 11.0 Å². The number of fused-ring (bicyclic) bond motifs is 1. The van der Waals surface area contributed by atoms with E-state index in [4.69, 9.17) is 12.2 Å². The Labute approximate surface area is 123 Å². The largest absolute Gasteiger partial charge is 0.331 e. The Hall–Kier alpha value is -2.08. The van der Waals surface area contributed by atoms with Gasteiger partial charge in [-0.3, -0.25) is 0 Å². The third-order valence-corrected chi connectivity index (χ3v) is 3.61. The van der Waals surface area contributed by atoms with Crippen LogP contribution in [-0.4, -0.2) is 9.55 Å². The summed E-state index contributed by atoms with van der Waals surface area (Å²) in [5.41, 5.74) is 1.89. The van der Waals surface area contributed by atoms with Crippen molar-refractivity contribution in [2.75, 3.05) is 0 Å². The smallest absolute Gasteiger partial charge is 0.178 e. The Morgan fingerprint density at radius 2 is 1.67 bits per heavy atom. The molecule has 6 heteroatoms. The zero-order chi connectivity index (χ0) is 15.0. The predicted octanol–water partition coefficient (Wildman–Crippen LogP) is 4.36. The molecule has 0 spiro atoms. The topological polar surface area (TPSA) is 20.7 Å². The fourth-order valence-electron chi connectivity index (χ4n) is 2.34. The molecule has 21 heavy (non-hydrogen) atoms. The van der Waals surface area contributed by atoms with Crippen LogP contribution in [0.3, 0.4) is 0 Å². The Morgan fingerprint density at radius 3 is 2.38 bits per heavy atom. The molecule has 0 saturated carbocycles. The van der Waals surface area contributed by atoms with Gasteiger partial charge in [-0.15, -0.1) is 0 Å². The van der Waals surface area contributed by atoms with Gasteiger partial charge in [0.2, 0.25) is 0 Å². The van der Waals surface area contributed by atoms with Crippen molar-refractivity contribution in [3.63, 3.8) is 0 Å². The lowest BCUT2D eigenvalue weighted by atomic mass is 10.1. The van der Waals surface area contributed by atoms with E-state index < -0.39 is 11.6 Å². The number of H-pyrrole nitrogens is 1. The lowest BCUT2D eigenvalue weighted by Crippen LogP contribution is -2.02. The van der Waals surface area contributed by atoms with Crippen molar-refractivity contribution in [3.8, 4) is 0 Å². The van der Waals surface area contributed by atoms with Gasteiger partial charge in [0.1, 0.15) is 17.5 Å². The van der Waals surface area contributed by atoms with Crippen molar-refractivity contribution in [2.24, 2.45) is 0 Å².